The number of aromatic nitrogens is 3. The van der Waals surface area contributed by atoms with Crippen LogP contribution >= 0.6 is 11.3 Å². The molecule has 5 rings (SSSR count). The molecule has 1 spiro atoms. The van der Waals surface area contributed by atoms with Crippen molar-refractivity contribution in [2.24, 2.45) is 0 Å². The Morgan fingerprint density at radius 1 is 1.25 bits per heavy atom. The van der Waals surface area contributed by atoms with E-state index in [-0.39, 0.29) is 5.54 Å². The molecule has 1 unspecified atom stereocenters. The van der Waals surface area contributed by atoms with Crippen LogP contribution < -0.4 is 5.32 Å². The van der Waals surface area contributed by atoms with E-state index in [1.807, 2.05) is 4.68 Å². The van der Waals surface area contributed by atoms with Gasteiger partial charge in [-0.05, 0) is 30.7 Å². The molecule has 6 heteroatoms. The van der Waals surface area contributed by atoms with Gasteiger partial charge in [0.15, 0.2) is 5.78 Å². The summed E-state index contributed by atoms with van der Waals surface area (Å²) in [5.74, 6) is 1.39. The highest BCUT2D eigenvalue weighted by atomic mass is 32.1. The molecule has 0 saturated heterocycles. The maximum atomic E-state index is 13.2. The van der Waals surface area contributed by atoms with Gasteiger partial charge in [0.05, 0.1) is 5.54 Å². The van der Waals surface area contributed by atoms with Gasteiger partial charge in [0.2, 0.25) is 5.95 Å². The molecular formula is C18H20N4OS. The Bertz CT molecular complexity index is 814. The van der Waals surface area contributed by atoms with Gasteiger partial charge in [-0.25, -0.2) is 4.68 Å². The molecule has 2 aliphatic carbocycles. The summed E-state index contributed by atoms with van der Waals surface area (Å²) in [5, 5.41) is 10.0. The molecule has 2 aromatic heterocycles. The number of nitrogens with one attached hydrogen (secondary N) is 1. The molecule has 3 heterocycles. The number of carbonyl (C=O) groups is 1. The van der Waals surface area contributed by atoms with Crippen LogP contribution in [-0.2, 0) is 10.3 Å². The summed E-state index contributed by atoms with van der Waals surface area (Å²) in [6.45, 7) is 0. The molecule has 1 saturated carbocycles. The van der Waals surface area contributed by atoms with E-state index >= 15 is 0 Å². The highest BCUT2D eigenvalue weighted by molar-refractivity contribution is 7.10. The normalized spacial score (nSPS) is 25.3. The summed E-state index contributed by atoms with van der Waals surface area (Å²) in [5.41, 5.74) is 1.82. The number of thiophene rings is 1. The zero-order valence-corrected chi connectivity index (χ0v) is 14.3. The number of carbonyl (C=O) groups excluding carboxylic acids is 1. The van der Waals surface area contributed by atoms with Crippen LogP contribution in [0.4, 0.5) is 5.95 Å². The Hall–Kier alpha value is -1.95. The summed E-state index contributed by atoms with van der Waals surface area (Å²) in [6.07, 6.45) is 8.67. The SMILES string of the molecule is O=C1CC(c2cccs2)CC2=C1C1(CCCCC1)n1ncnc1N2. The highest BCUT2D eigenvalue weighted by Crippen LogP contribution is 2.50. The zero-order chi connectivity index (χ0) is 16.1. The first kappa shape index (κ1) is 14.4. The molecule has 2 aromatic rings. The minimum atomic E-state index is -0.262. The van der Waals surface area contributed by atoms with E-state index in [1.165, 1.54) is 11.3 Å². The fourth-order valence-electron chi connectivity index (χ4n) is 4.77. The van der Waals surface area contributed by atoms with Crippen LogP contribution in [0.1, 0.15) is 55.7 Å². The van der Waals surface area contributed by atoms with Crippen molar-refractivity contribution >= 4 is 23.1 Å². The second kappa shape index (κ2) is 5.28. The zero-order valence-electron chi connectivity index (χ0n) is 13.5. The van der Waals surface area contributed by atoms with E-state index < -0.39 is 0 Å². The lowest BCUT2D eigenvalue weighted by molar-refractivity contribution is -0.117. The van der Waals surface area contributed by atoms with Crippen molar-refractivity contribution in [3.63, 3.8) is 0 Å². The van der Waals surface area contributed by atoms with Gasteiger partial charge in [-0.15, -0.1) is 11.3 Å². The van der Waals surface area contributed by atoms with Crippen LogP contribution in [-0.4, -0.2) is 20.5 Å². The second-order valence-electron chi connectivity index (χ2n) is 7.11. The predicted octanol–water partition coefficient (Wildman–Crippen LogP) is 3.83. The number of hydrogen-bond donors (Lipinski definition) is 1. The van der Waals surface area contributed by atoms with E-state index in [0.717, 1.165) is 49.3 Å². The summed E-state index contributed by atoms with van der Waals surface area (Å²) in [7, 11) is 0. The summed E-state index contributed by atoms with van der Waals surface area (Å²) in [6, 6.07) is 4.22. The van der Waals surface area contributed by atoms with Gasteiger partial charge in [-0.2, -0.15) is 10.1 Å². The van der Waals surface area contributed by atoms with E-state index in [0.29, 0.717) is 18.1 Å². The Morgan fingerprint density at radius 3 is 2.92 bits per heavy atom. The van der Waals surface area contributed by atoms with Crippen LogP contribution in [0.3, 0.4) is 0 Å². The highest BCUT2D eigenvalue weighted by Gasteiger charge is 2.49. The number of anilines is 1. The Balaban J connectivity index is 1.62. The first-order chi connectivity index (χ1) is 11.8. The maximum Gasteiger partial charge on any atom is 0.226 e. The van der Waals surface area contributed by atoms with E-state index in [1.54, 1.807) is 17.7 Å². The minimum absolute atomic E-state index is 0.262. The lowest BCUT2D eigenvalue weighted by atomic mass is 9.69. The number of hydrogen-bond acceptors (Lipinski definition) is 5. The van der Waals surface area contributed by atoms with Crippen molar-refractivity contribution in [3.05, 3.63) is 40.0 Å². The smallest absolute Gasteiger partial charge is 0.226 e. The molecule has 1 fully saturated rings. The molecule has 0 aromatic carbocycles. The third-order valence-electron chi connectivity index (χ3n) is 5.77. The van der Waals surface area contributed by atoms with Crippen molar-refractivity contribution in [1.29, 1.82) is 0 Å². The number of nitrogens with zero attached hydrogens (tertiary/aromatic N) is 3. The lowest BCUT2D eigenvalue weighted by Gasteiger charge is -2.45. The van der Waals surface area contributed by atoms with Gasteiger partial charge in [-0.3, -0.25) is 4.79 Å². The molecule has 124 valence electrons. The fourth-order valence-corrected chi connectivity index (χ4v) is 5.60. The molecule has 0 bridgehead atoms. The molecule has 1 aliphatic heterocycles. The molecule has 0 amide bonds. The number of Topliss-reactive ketones (excluding diaryl/α,β-unsaturated/α-hetero) is 1. The second-order valence-corrected chi connectivity index (χ2v) is 8.09. The van der Waals surface area contributed by atoms with Crippen molar-refractivity contribution in [2.45, 2.75) is 56.4 Å². The van der Waals surface area contributed by atoms with E-state index in [2.05, 4.69) is 32.9 Å². The van der Waals surface area contributed by atoms with Crippen LogP contribution in [0, 0.1) is 0 Å². The van der Waals surface area contributed by atoms with Crippen LogP contribution in [0.5, 0.6) is 0 Å². The van der Waals surface area contributed by atoms with Gasteiger partial charge in [0.25, 0.3) is 0 Å². The number of allylic oxidation sites excluding steroid dienone is 2. The van der Waals surface area contributed by atoms with Crippen LogP contribution in [0.25, 0.3) is 0 Å². The Morgan fingerprint density at radius 2 is 2.12 bits per heavy atom. The quantitative estimate of drug-likeness (QED) is 0.857. The summed E-state index contributed by atoms with van der Waals surface area (Å²) in [4.78, 5) is 18.9. The average molecular weight is 340 g/mol. The third kappa shape index (κ3) is 1.95. The molecular weight excluding hydrogens is 320 g/mol. The Kier molecular flexibility index (Phi) is 3.16. The first-order valence-corrected chi connectivity index (χ1v) is 9.64. The van der Waals surface area contributed by atoms with E-state index in [4.69, 9.17) is 0 Å². The van der Waals surface area contributed by atoms with Gasteiger partial charge in [0, 0.05) is 28.5 Å². The molecule has 1 N–H and O–H groups in total. The molecule has 1 atom stereocenters. The minimum Gasteiger partial charge on any atom is -0.328 e. The largest absolute Gasteiger partial charge is 0.328 e. The fraction of sp³-hybridized carbons (Fsp3) is 0.500. The average Bonchev–Trinajstić information content (AvgIpc) is 3.27. The Labute approximate surface area is 144 Å². The standard InChI is InChI=1S/C18H20N4OS/c23-14-10-12(15-5-4-8-24-15)9-13-16(14)18(6-2-1-3-7-18)22-17(21-13)19-11-20-22/h4-5,8,11-12H,1-3,6-7,9-10H2,(H,19,20,21). The van der Waals surface area contributed by atoms with Crippen molar-refractivity contribution < 1.29 is 4.79 Å². The van der Waals surface area contributed by atoms with Gasteiger partial charge < -0.3 is 5.32 Å². The number of ketones is 1. The maximum absolute atomic E-state index is 13.2. The summed E-state index contributed by atoms with van der Waals surface area (Å²) >= 11 is 1.75. The van der Waals surface area contributed by atoms with Crippen LogP contribution in [0.15, 0.2) is 35.1 Å². The number of rotatable bonds is 1. The third-order valence-corrected chi connectivity index (χ3v) is 6.81. The topological polar surface area (TPSA) is 59.8 Å². The van der Waals surface area contributed by atoms with Gasteiger partial charge in [-0.1, -0.05) is 25.3 Å². The van der Waals surface area contributed by atoms with Crippen molar-refractivity contribution in [2.75, 3.05) is 5.32 Å². The molecule has 3 aliphatic rings. The molecule has 0 radical (unpaired) electrons. The monoisotopic (exact) mass is 340 g/mol. The number of fused-ring (bicyclic) bond motifs is 3. The summed E-state index contributed by atoms with van der Waals surface area (Å²) < 4.78 is 1.99. The van der Waals surface area contributed by atoms with Crippen molar-refractivity contribution in [3.8, 4) is 0 Å². The van der Waals surface area contributed by atoms with Crippen LogP contribution in [0.2, 0.25) is 0 Å². The first-order valence-electron chi connectivity index (χ1n) is 8.76. The molecule has 24 heavy (non-hydrogen) atoms. The van der Waals surface area contributed by atoms with Gasteiger partial charge >= 0.3 is 0 Å². The molecule has 5 nitrogen and oxygen atoms in total. The van der Waals surface area contributed by atoms with E-state index in [9.17, 15) is 4.79 Å². The van der Waals surface area contributed by atoms with Crippen molar-refractivity contribution in [1.82, 2.24) is 14.8 Å². The van der Waals surface area contributed by atoms with Gasteiger partial charge in [0.1, 0.15) is 6.33 Å². The lowest BCUT2D eigenvalue weighted by Crippen LogP contribution is -2.47. The predicted molar refractivity (Wildman–Crippen MR) is 93.0 cm³/mol.